The van der Waals surface area contributed by atoms with Gasteiger partial charge in [-0.2, -0.15) is 5.10 Å². The summed E-state index contributed by atoms with van der Waals surface area (Å²) in [4.78, 5) is 12.6. The summed E-state index contributed by atoms with van der Waals surface area (Å²) in [5.74, 6) is -0.710. The normalized spacial score (nSPS) is 10.9. The van der Waals surface area contributed by atoms with Crippen LogP contribution in [-0.4, -0.2) is 29.5 Å². The highest BCUT2D eigenvalue weighted by molar-refractivity contribution is 9.10. The number of methoxy groups -OCH3 is 1. The quantitative estimate of drug-likeness (QED) is 0.462. The Balaban J connectivity index is 2.14. The van der Waals surface area contributed by atoms with E-state index in [9.17, 15) is 9.18 Å². The average Bonchev–Trinajstić information content (AvgIpc) is 3.03. The average molecular weight is 447 g/mol. The van der Waals surface area contributed by atoms with Crippen LogP contribution in [0.15, 0.2) is 53.0 Å². The molecule has 0 aliphatic rings. The summed E-state index contributed by atoms with van der Waals surface area (Å²) in [5.41, 5.74) is 3.18. The first-order chi connectivity index (χ1) is 13.6. The van der Waals surface area contributed by atoms with Gasteiger partial charge in [0.25, 0.3) is 0 Å². The van der Waals surface area contributed by atoms with Gasteiger partial charge in [0.2, 0.25) is 0 Å². The molecule has 0 saturated carbocycles. The number of benzene rings is 2. The molecule has 0 aliphatic carbocycles. The predicted octanol–water partition coefficient (Wildman–Crippen LogP) is 5.29. The van der Waals surface area contributed by atoms with Crippen LogP contribution in [0.1, 0.15) is 23.7 Å². The number of ether oxygens (including phenoxy) is 2. The molecule has 0 N–H and O–H groups in total. The molecule has 28 heavy (non-hydrogen) atoms. The van der Waals surface area contributed by atoms with E-state index in [0.29, 0.717) is 33.6 Å². The van der Waals surface area contributed by atoms with Crippen molar-refractivity contribution in [2.45, 2.75) is 20.1 Å². The molecule has 5 nitrogen and oxygen atoms in total. The molecule has 0 amide bonds. The van der Waals surface area contributed by atoms with E-state index in [0.717, 1.165) is 12.0 Å². The number of hydrogen-bond acceptors (Lipinski definition) is 4. The van der Waals surface area contributed by atoms with Crippen molar-refractivity contribution in [1.29, 1.82) is 0 Å². The molecule has 0 aliphatic heterocycles. The first-order valence-corrected chi connectivity index (χ1v) is 9.63. The Labute approximate surface area is 171 Å². The summed E-state index contributed by atoms with van der Waals surface area (Å²) in [5, 5.41) is 4.61. The molecule has 0 spiro atoms. The Hall–Kier alpha value is -2.51. The second-order valence-electron chi connectivity index (χ2n) is 6.12. The summed E-state index contributed by atoms with van der Waals surface area (Å²) >= 11 is 3.62. The highest BCUT2D eigenvalue weighted by atomic mass is 79.9. The van der Waals surface area contributed by atoms with E-state index in [1.165, 1.54) is 12.1 Å². The van der Waals surface area contributed by atoms with Crippen molar-refractivity contribution in [1.82, 2.24) is 9.78 Å². The Bertz CT molecular complexity index is 970. The molecular weight excluding hydrogens is 427 g/mol. The molecule has 0 atom stereocenters. The summed E-state index contributed by atoms with van der Waals surface area (Å²) in [7, 11) is 1.57. The smallest absolute Gasteiger partial charge is 0.338 e. The molecule has 0 unspecified atom stereocenters. The van der Waals surface area contributed by atoms with Crippen molar-refractivity contribution in [3.63, 3.8) is 0 Å². The lowest BCUT2D eigenvalue weighted by atomic mass is 10.0. The molecule has 2 aromatic carbocycles. The third-order valence-electron chi connectivity index (χ3n) is 4.10. The fourth-order valence-electron chi connectivity index (χ4n) is 2.85. The Morgan fingerprint density at radius 3 is 2.57 bits per heavy atom. The number of esters is 1. The van der Waals surface area contributed by atoms with E-state index < -0.39 is 5.97 Å². The minimum atomic E-state index is -0.391. The number of carbonyl (C=O) groups is 1. The Morgan fingerprint density at radius 2 is 1.89 bits per heavy atom. The minimum Gasteiger partial charge on any atom is -0.462 e. The third kappa shape index (κ3) is 4.15. The Kier molecular flexibility index (Phi) is 6.59. The largest absolute Gasteiger partial charge is 0.462 e. The summed E-state index contributed by atoms with van der Waals surface area (Å²) < 4.78 is 26.3. The van der Waals surface area contributed by atoms with Crippen molar-refractivity contribution in [2.24, 2.45) is 0 Å². The van der Waals surface area contributed by atoms with Gasteiger partial charge in [0.15, 0.2) is 0 Å². The summed E-state index contributed by atoms with van der Waals surface area (Å²) in [6.45, 7) is 2.48. The standard InChI is InChI=1S/C21H20BrFN2O3/c1-3-12-28-21(26)17-7-5-4-6-16(17)20-18(22)19(24-25(20)13-27-2)14-8-10-15(23)11-9-14/h4-11H,3,12-13H2,1-2H3. The molecule has 3 aromatic rings. The van der Waals surface area contributed by atoms with E-state index in [1.807, 2.05) is 19.1 Å². The third-order valence-corrected chi connectivity index (χ3v) is 4.85. The van der Waals surface area contributed by atoms with E-state index in [2.05, 4.69) is 21.0 Å². The lowest BCUT2D eigenvalue weighted by Crippen LogP contribution is -2.10. The molecule has 0 bridgehead atoms. The molecule has 1 aromatic heterocycles. The summed E-state index contributed by atoms with van der Waals surface area (Å²) in [6, 6.07) is 13.3. The maximum atomic E-state index is 13.3. The first kappa shape index (κ1) is 20.2. The van der Waals surface area contributed by atoms with Crippen LogP contribution in [0.3, 0.4) is 0 Å². The van der Waals surface area contributed by atoms with Gasteiger partial charge < -0.3 is 9.47 Å². The molecule has 146 valence electrons. The van der Waals surface area contributed by atoms with E-state index in [-0.39, 0.29) is 12.5 Å². The monoisotopic (exact) mass is 446 g/mol. The second kappa shape index (κ2) is 9.12. The van der Waals surface area contributed by atoms with E-state index >= 15 is 0 Å². The number of carbonyl (C=O) groups excluding carboxylic acids is 1. The molecule has 0 radical (unpaired) electrons. The topological polar surface area (TPSA) is 53.3 Å². The van der Waals surface area contributed by atoms with E-state index in [4.69, 9.17) is 9.47 Å². The number of nitrogens with zero attached hydrogens (tertiary/aromatic N) is 2. The van der Waals surface area contributed by atoms with Crippen LogP contribution in [0.25, 0.3) is 22.5 Å². The second-order valence-corrected chi connectivity index (χ2v) is 6.91. The zero-order valence-corrected chi connectivity index (χ0v) is 17.2. The molecule has 1 heterocycles. The highest BCUT2D eigenvalue weighted by Crippen LogP contribution is 2.38. The van der Waals surface area contributed by atoms with Crippen LogP contribution in [0.2, 0.25) is 0 Å². The molecule has 0 saturated heterocycles. The van der Waals surface area contributed by atoms with Gasteiger partial charge in [-0.3, -0.25) is 0 Å². The van der Waals surface area contributed by atoms with Crippen molar-refractivity contribution < 1.29 is 18.7 Å². The van der Waals surface area contributed by atoms with Crippen molar-refractivity contribution >= 4 is 21.9 Å². The molecular formula is C21H20BrFN2O3. The van der Waals surface area contributed by atoms with Crippen LogP contribution in [0.5, 0.6) is 0 Å². The fraction of sp³-hybridized carbons (Fsp3) is 0.238. The maximum Gasteiger partial charge on any atom is 0.338 e. The van der Waals surface area contributed by atoms with Gasteiger partial charge in [-0.25, -0.2) is 13.9 Å². The number of hydrogen-bond donors (Lipinski definition) is 0. The van der Waals surface area contributed by atoms with Crippen molar-refractivity contribution in [3.8, 4) is 22.5 Å². The molecule has 7 heteroatoms. The van der Waals surface area contributed by atoms with Crippen LogP contribution < -0.4 is 0 Å². The van der Waals surface area contributed by atoms with Gasteiger partial charge in [0, 0.05) is 18.2 Å². The lowest BCUT2D eigenvalue weighted by molar-refractivity contribution is 0.0506. The van der Waals surface area contributed by atoms with Gasteiger partial charge in [0.05, 0.1) is 22.3 Å². The summed E-state index contributed by atoms with van der Waals surface area (Å²) in [6.07, 6.45) is 0.744. The van der Waals surface area contributed by atoms with Gasteiger partial charge in [0.1, 0.15) is 18.2 Å². The van der Waals surface area contributed by atoms with Gasteiger partial charge in [-0.1, -0.05) is 25.1 Å². The van der Waals surface area contributed by atoms with Gasteiger partial charge in [-0.15, -0.1) is 0 Å². The number of aromatic nitrogens is 2. The zero-order valence-electron chi connectivity index (χ0n) is 15.6. The lowest BCUT2D eigenvalue weighted by Gasteiger charge is -2.11. The number of halogens is 2. The van der Waals surface area contributed by atoms with E-state index in [1.54, 1.807) is 36.1 Å². The zero-order chi connectivity index (χ0) is 20.1. The molecule has 3 rings (SSSR count). The van der Waals surface area contributed by atoms with Crippen LogP contribution in [0.4, 0.5) is 4.39 Å². The Morgan fingerprint density at radius 1 is 1.18 bits per heavy atom. The minimum absolute atomic E-state index is 0.188. The number of rotatable bonds is 7. The van der Waals surface area contributed by atoms with Crippen molar-refractivity contribution in [2.75, 3.05) is 13.7 Å². The van der Waals surface area contributed by atoms with Crippen molar-refractivity contribution in [3.05, 3.63) is 64.4 Å². The maximum absolute atomic E-state index is 13.3. The SMILES string of the molecule is CCCOC(=O)c1ccccc1-c1c(Br)c(-c2ccc(F)cc2)nn1COC. The van der Waals surface area contributed by atoms with Crippen LogP contribution >= 0.6 is 15.9 Å². The van der Waals surface area contributed by atoms with Gasteiger partial charge >= 0.3 is 5.97 Å². The van der Waals surface area contributed by atoms with Crippen LogP contribution in [0, 0.1) is 5.82 Å². The first-order valence-electron chi connectivity index (χ1n) is 8.84. The van der Waals surface area contributed by atoms with Crippen LogP contribution in [-0.2, 0) is 16.2 Å². The van der Waals surface area contributed by atoms with Gasteiger partial charge in [-0.05, 0) is 52.7 Å². The fourth-order valence-corrected chi connectivity index (χ4v) is 3.57. The highest BCUT2D eigenvalue weighted by Gasteiger charge is 2.23. The molecule has 0 fully saturated rings. The predicted molar refractivity (Wildman–Crippen MR) is 108 cm³/mol.